The lowest BCUT2D eigenvalue weighted by atomic mass is 10.3. The van der Waals surface area contributed by atoms with E-state index in [1.54, 1.807) is 11.3 Å². The maximum atomic E-state index is 11.0. The zero-order chi connectivity index (χ0) is 14.2. The molecular weight excluding hydrogens is 306 g/mol. The molecular formula is C12H15ClNO3S2+. The van der Waals surface area contributed by atoms with Gasteiger partial charge in [0, 0.05) is 24.4 Å². The third-order valence-electron chi connectivity index (χ3n) is 3.12. The van der Waals surface area contributed by atoms with E-state index < -0.39 is 15.4 Å². The van der Waals surface area contributed by atoms with Gasteiger partial charge in [-0.3, -0.25) is 4.55 Å². The van der Waals surface area contributed by atoms with Crippen molar-refractivity contribution in [1.29, 1.82) is 0 Å². The molecule has 0 spiro atoms. The highest BCUT2D eigenvalue weighted by molar-refractivity contribution is 7.86. The fourth-order valence-electron chi connectivity index (χ4n) is 1.91. The molecule has 0 amide bonds. The minimum atomic E-state index is -3.97. The van der Waals surface area contributed by atoms with Crippen LogP contribution in [0.5, 0.6) is 0 Å². The Balaban J connectivity index is 2.30. The van der Waals surface area contributed by atoms with E-state index in [1.807, 2.05) is 29.7 Å². The molecule has 19 heavy (non-hydrogen) atoms. The monoisotopic (exact) mass is 320 g/mol. The summed E-state index contributed by atoms with van der Waals surface area (Å²) in [6.07, 6.45) is 0.364. The summed E-state index contributed by atoms with van der Waals surface area (Å²) in [7, 11) is -3.97. The van der Waals surface area contributed by atoms with Crippen LogP contribution < -0.4 is 4.57 Å². The van der Waals surface area contributed by atoms with Crippen LogP contribution in [0.4, 0.5) is 0 Å². The molecule has 4 nitrogen and oxygen atoms in total. The maximum absolute atomic E-state index is 11.0. The van der Waals surface area contributed by atoms with Crippen LogP contribution in [0.15, 0.2) is 18.2 Å². The van der Waals surface area contributed by atoms with E-state index in [1.165, 1.54) is 6.92 Å². The summed E-state index contributed by atoms with van der Waals surface area (Å²) >= 11 is 7.63. The first-order chi connectivity index (χ1) is 8.79. The fraction of sp³-hybridized carbons (Fsp3) is 0.417. The Bertz CT molecular complexity index is 709. The van der Waals surface area contributed by atoms with Gasteiger partial charge < -0.3 is 0 Å². The van der Waals surface area contributed by atoms with E-state index in [2.05, 4.69) is 0 Å². The first-order valence-electron chi connectivity index (χ1n) is 5.84. The average molecular weight is 321 g/mol. The summed E-state index contributed by atoms with van der Waals surface area (Å²) in [6.45, 7) is 4.02. The van der Waals surface area contributed by atoms with Crippen LogP contribution in [0.25, 0.3) is 10.2 Å². The van der Waals surface area contributed by atoms with Crippen molar-refractivity contribution in [2.45, 2.75) is 32.1 Å². The predicted octanol–water partition coefficient (Wildman–Crippen LogP) is 2.82. The van der Waals surface area contributed by atoms with Crippen LogP contribution in [0.1, 0.15) is 18.4 Å². The average Bonchev–Trinajstić information content (AvgIpc) is 2.60. The van der Waals surface area contributed by atoms with Crippen molar-refractivity contribution in [2.75, 3.05) is 0 Å². The maximum Gasteiger partial charge on any atom is 0.267 e. The fourth-order valence-corrected chi connectivity index (χ4v) is 3.51. The first-order valence-corrected chi connectivity index (χ1v) is 8.53. The molecule has 0 aliphatic heterocycles. The molecule has 0 aliphatic carbocycles. The Kier molecular flexibility index (Phi) is 4.15. The molecule has 0 radical (unpaired) electrons. The zero-order valence-electron chi connectivity index (χ0n) is 10.6. The lowest BCUT2D eigenvalue weighted by molar-refractivity contribution is -0.673. The lowest BCUT2D eigenvalue weighted by Gasteiger charge is -2.05. The number of halogens is 1. The van der Waals surface area contributed by atoms with Crippen LogP contribution in [0.3, 0.4) is 0 Å². The van der Waals surface area contributed by atoms with Gasteiger partial charge in [0.15, 0.2) is 6.54 Å². The molecule has 0 bridgehead atoms. The molecule has 2 rings (SSSR count). The van der Waals surface area contributed by atoms with Crippen molar-refractivity contribution in [1.82, 2.24) is 0 Å². The van der Waals surface area contributed by atoms with Gasteiger partial charge in [0.1, 0.15) is 4.70 Å². The van der Waals surface area contributed by atoms with Gasteiger partial charge in [-0.15, -0.1) is 0 Å². The Morgan fingerprint density at radius 3 is 2.79 bits per heavy atom. The van der Waals surface area contributed by atoms with Crippen LogP contribution in [0, 0.1) is 6.92 Å². The number of hydrogen-bond donors (Lipinski definition) is 1. The van der Waals surface area contributed by atoms with Gasteiger partial charge in [0.25, 0.3) is 10.1 Å². The number of nitrogens with zero attached hydrogens (tertiary/aromatic N) is 1. The van der Waals surface area contributed by atoms with Crippen molar-refractivity contribution in [2.24, 2.45) is 0 Å². The van der Waals surface area contributed by atoms with Crippen molar-refractivity contribution in [3.05, 3.63) is 28.2 Å². The van der Waals surface area contributed by atoms with Gasteiger partial charge in [0.05, 0.1) is 5.25 Å². The molecule has 104 valence electrons. The Labute approximate surface area is 121 Å². The van der Waals surface area contributed by atoms with E-state index in [0.29, 0.717) is 18.0 Å². The Morgan fingerprint density at radius 2 is 2.16 bits per heavy atom. The number of aryl methyl sites for hydroxylation is 2. The molecule has 0 saturated heterocycles. The summed E-state index contributed by atoms with van der Waals surface area (Å²) in [4.78, 5) is 0. The molecule has 1 aromatic carbocycles. The molecule has 1 atom stereocenters. The van der Waals surface area contributed by atoms with Crippen LogP contribution in [0.2, 0.25) is 5.02 Å². The van der Waals surface area contributed by atoms with Crippen LogP contribution in [-0.4, -0.2) is 18.2 Å². The molecule has 0 aliphatic rings. The molecule has 1 N–H and O–H groups in total. The number of hydrogen-bond acceptors (Lipinski definition) is 3. The largest absolute Gasteiger partial charge is 0.285 e. The van der Waals surface area contributed by atoms with Crippen molar-refractivity contribution in [3.63, 3.8) is 0 Å². The normalized spacial score (nSPS) is 13.9. The standard InChI is InChI=1S/C12H14ClNO3S2/c1-8(19(15,16)17)5-6-14-9(2)18-12-4-3-10(13)7-11(12)14/h3-4,7-8H,5-6H2,1-2H3/p+1. The minimum Gasteiger partial charge on any atom is -0.285 e. The summed E-state index contributed by atoms with van der Waals surface area (Å²) in [5, 5.41) is 0.968. The van der Waals surface area contributed by atoms with E-state index in [4.69, 9.17) is 16.2 Å². The smallest absolute Gasteiger partial charge is 0.267 e. The minimum absolute atomic E-state index is 0.364. The quantitative estimate of drug-likeness (QED) is 0.696. The third-order valence-corrected chi connectivity index (χ3v) is 5.69. The Morgan fingerprint density at radius 1 is 1.47 bits per heavy atom. The van der Waals surface area contributed by atoms with Gasteiger partial charge in [-0.05, 0) is 19.1 Å². The molecule has 1 heterocycles. The van der Waals surface area contributed by atoms with Gasteiger partial charge in [-0.25, -0.2) is 0 Å². The van der Waals surface area contributed by atoms with Crippen molar-refractivity contribution >= 4 is 43.3 Å². The number of fused-ring (bicyclic) bond motifs is 1. The van der Waals surface area contributed by atoms with Gasteiger partial charge in [-0.1, -0.05) is 22.9 Å². The van der Waals surface area contributed by atoms with Gasteiger partial charge >= 0.3 is 0 Å². The second-order valence-electron chi connectivity index (χ2n) is 4.50. The highest BCUT2D eigenvalue weighted by Crippen LogP contribution is 2.23. The second kappa shape index (κ2) is 5.36. The van der Waals surface area contributed by atoms with E-state index in [9.17, 15) is 8.42 Å². The summed E-state index contributed by atoms with van der Waals surface area (Å²) in [6, 6.07) is 5.67. The SMILES string of the molecule is Cc1sc2ccc(Cl)cc2[n+]1CCC(C)S(=O)(=O)O. The van der Waals surface area contributed by atoms with Crippen LogP contribution >= 0.6 is 22.9 Å². The summed E-state index contributed by atoms with van der Waals surface area (Å²) in [5.41, 5.74) is 0.998. The molecule has 0 saturated carbocycles. The van der Waals surface area contributed by atoms with E-state index >= 15 is 0 Å². The van der Waals surface area contributed by atoms with Gasteiger partial charge in [-0.2, -0.15) is 13.0 Å². The highest BCUT2D eigenvalue weighted by Gasteiger charge is 2.22. The molecule has 2 aromatic rings. The van der Waals surface area contributed by atoms with Crippen molar-refractivity contribution < 1.29 is 17.5 Å². The number of rotatable bonds is 4. The lowest BCUT2D eigenvalue weighted by Crippen LogP contribution is -2.37. The topological polar surface area (TPSA) is 58.2 Å². The van der Waals surface area contributed by atoms with Gasteiger partial charge in [0.2, 0.25) is 10.5 Å². The zero-order valence-corrected chi connectivity index (χ0v) is 13.0. The van der Waals surface area contributed by atoms with Crippen LogP contribution in [-0.2, 0) is 16.7 Å². The number of aromatic nitrogens is 1. The van der Waals surface area contributed by atoms with E-state index in [-0.39, 0.29) is 0 Å². The van der Waals surface area contributed by atoms with E-state index in [0.717, 1.165) is 15.2 Å². The summed E-state index contributed by atoms with van der Waals surface area (Å²) in [5.74, 6) is 0. The number of benzene rings is 1. The predicted molar refractivity (Wildman–Crippen MR) is 77.4 cm³/mol. The number of thiazole rings is 1. The summed E-state index contributed by atoms with van der Waals surface area (Å²) < 4.78 is 34.2. The second-order valence-corrected chi connectivity index (χ2v) is 8.00. The third kappa shape index (κ3) is 3.25. The Hall–Kier alpha value is -0.690. The molecule has 7 heteroatoms. The first kappa shape index (κ1) is 14.7. The van der Waals surface area contributed by atoms with Crippen molar-refractivity contribution in [3.8, 4) is 0 Å². The molecule has 0 fully saturated rings. The highest BCUT2D eigenvalue weighted by atomic mass is 35.5. The molecule has 1 aromatic heterocycles. The molecule has 1 unspecified atom stereocenters.